The van der Waals surface area contributed by atoms with Gasteiger partial charge in [0, 0.05) is 13.0 Å². The van der Waals surface area contributed by atoms with Gasteiger partial charge in [-0.1, -0.05) is 40.5 Å². The molecule has 0 spiro atoms. The van der Waals surface area contributed by atoms with Crippen LogP contribution >= 0.6 is 0 Å². The van der Waals surface area contributed by atoms with Gasteiger partial charge in [-0.25, -0.2) is 9.67 Å². The van der Waals surface area contributed by atoms with E-state index in [2.05, 4.69) is 37.8 Å². The lowest BCUT2D eigenvalue weighted by Gasteiger charge is -2.41. The van der Waals surface area contributed by atoms with Gasteiger partial charge in [0.15, 0.2) is 0 Å². The predicted octanol–water partition coefficient (Wildman–Crippen LogP) is 2.66. The topological polar surface area (TPSA) is 50.9 Å². The first-order valence-electron chi connectivity index (χ1n) is 7.51. The number of aliphatic hydroxyl groups is 1. The average molecular weight is 265 g/mol. The molecule has 1 N–H and O–H groups in total. The molecule has 3 atom stereocenters. The van der Waals surface area contributed by atoms with Crippen LogP contribution in [0.5, 0.6) is 0 Å². The van der Waals surface area contributed by atoms with Crippen molar-refractivity contribution in [2.24, 2.45) is 17.8 Å². The molecule has 1 aromatic rings. The summed E-state index contributed by atoms with van der Waals surface area (Å²) in [6, 6.07) is 0. The van der Waals surface area contributed by atoms with E-state index in [0.29, 0.717) is 24.2 Å². The Labute approximate surface area is 116 Å². The Morgan fingerprint density at radius 1 is 1.47 bits per heavy atom. The highest BCUT2D eigenvalue weighted by Crippen LogP contribution is 2.39. The molecular formula is C15H27N3O. The van der Waals surface area contributed by atoms with Gasteiger partial charge in [-0.3, -0.25) is 0 Å². The minimum atomic E-state index is -0.612. The molecule has 0 saturated heterocycles. The van der Waals surface area contributed by atoms with Crippen LogP contribution in [-0.4, -0.2) is 25.5 Å². The fourth-order valence-corrected chi connectivity index (χ4v) is 3.18. The summed E-state index contributed by atoms with van der Waals surface area (Å²) in [7, 11) is 0. The minimum Gasteiger partial charge on any atom is -0.389 e. The zero-order valence-corrected chi connectivity index (χ0v) is 12.6. The summed E-state index contributed by atoms with van der Waals surface area (Å²) in [6.45, 7) is 9.63. The SMILES string of the molecule is CC(C)Cn1ncnc1CC1(O)CCCC(C)C1C. The zero-order valence-electron chi connectivity index (χ0n) is 12.6. The second-order valence-corrected chi connectivity index (χ2v) is 6.69. The highest BCUT2D eigenvalue weighted by Gasteiger charge is 2.40. The van der Waals surface area contributed by atoms with Gasteiger partial charge < -0.3 is 5.11 Å². The van der Waals surface area contributed by atoms with Crippen LogP contribution in [0.3, 0.4) is 0 Å². The van der Waals surface area contributed by atoms with Gasteiger partial charge in [-0.15, -0.1) is 0 Å². The maximum Gasteiger partial charge on any atom is 0.138 e. The van der Waals surface area contributed by atoms with Gasteiger partial charge in [-0.2, -0.15) is 5.10 Å². The Balaban J connectivity index is 2.13. The fourth-order valence-electron chi connectivity index (χ4n) is 3.18. The predicted molar refractivity (Wildman–Crippen MR) is 75.7 cm³/mol. The Morgan fingerprint density at radius 2 is 2.21 bits per heavy atom. The zero-order chi connectivity index (χ0) is 14.0. The number of nitrogens with zero attached hydrogens (tertiary/aromatic N) is 3. The van der Waals surface area contributed by atoms with Crippen molar-refractivity contribution >= 4 is 0 Å². The van der Waals surface area contributed by atoms with Crippen molar-refractivity contribution in [2.75, 3.05) is 0 Å². The van der Waals surface area contributed by atoms with Crippen LogP contribution in [0, 0.1) is 17.8 Å². The van der Waals surface area contributed by atoms with E-state index < -0.39 is 5.60 Å². The van der Waals surface area contributed by atoms with E-state index in [1.54, 1.807) is 6.33 Å². The molecular weight excluding hydrogens is 238 g/mol. The summed E-state index contributed by atoms with van der Waals surface area (Å²) in [6.07, 6.45) is 5.46. The van der Waals surface area contributed by atoms with E-state index in [1.807, 2.05) is 4.68 Å². The summed E-state index contributed by atoms with van der Waals surface area (Å²) in [4.78, 5) is 4.36. The molecule has 0 aromatic carbocycles. The van der Waals surface area contributed by atoms with Crippen LogP contribution in [0.25, 0.3) is 0 Å². The van der Waals surface area contributed by atoms with Gasteiger partial charge >= 0.3 is 0 Å². The van der Waals surface area contributed by atoms with Gasteiger partial charge in [0.25, 0.3) is 0 Å². The summed E-state index contributed by atoms with van der Waals surface area (Å²) in [5, 5.41) is 15.3. The lowest BCUT2D eigenvalue weighted by atomic mass is 9.69. The third-order valence-corrected chi connectivity index (χ3v) is 4.67. The van der Waals surface area contributed by atoms with Crippen molar-refractivity contribution < 1.29 is 5.11 Å². The molecule has 1 aliphatic carbocycles. The summed E-state index contributed by atoms with van der Waals surface area (Å²) in [5.41, 5.74) is -0.612. The minimum absolute atomic E-state index is 0.324. The normalized spacial score (nSPS) is 31.9. The second-order valence-electron chi connectivity index (χ2n) is 6.69. The Bertz CT molecular complexity index is 415. The van der Waals surface area contributed by atoms with Crippen molar-refractivity contribution in [2.45, 2.75) is 65.5 Å². The monoisotopic (exact) mass is 265 g/mol. The number of aromatic nitrogens is 3. The molecule has 1 aromatic heterocycles. The third kappa shape index (κ3) is 3.16. The third-order valence-electron chi connectivity index (χ3n) is 4.67. The number of hydrogen-bond acceptors (Lipinski definition) is 3. The van der Waals surface area contributed by atoms with Crippen molar-refractivity contribution in [1.82, 2.24) is 14.8 Å². The molecule has 3 unspecified atom stereocenters. The molecule has 108 valence electrons. The fraction of sp³-hybridized carbons (Fsp3) is 0.867. The summed E-state index contributed by atoms with van der Waals surface area (Å²) in [5.74, 6) is 2.38. The van der Waals surface area contributed by atoms with E-state index in [-0.39, 0.29) is 0 Å². The Kier molecular flexibility index (Phi) is 4.29. The van der Waals surface area contributed by atoms with E-state index in [4.69, 9.17) is 0 Å². The molecule has 19 heavy (non-hydrogen) atoms. The molecule has 0 radical (unpaired) electrons. The van der Waals surface area contributed by atoms with Crippen LogP contribution in [0.15, 0.2) is 6.33 Å². The van der Waals surface area contributed by atoms with Crippen molar-refractivity contribution in [3.05, 3.63) is 12.2 Å². The van der Waals surface area contributed by atoms with Crippen LogP contribution < -0.4 is 0 Å². The smallest absolute Gasteiger partial charge is 0.138 e. The van der Waals surface area contributed by atoms with E-state index in [1.165, 1.54) is 6.42 Å². The molecule has 1 heterocycles. The largest absolute Gasteiger partial charge is 0.389 e. The first-order valence-corrected chi connectivity index (χ1v) is 7.51. The lowest BCUT2D eigenvalue weighted by Crippen LogP contribution is -2.45. The molecule has 2 rings (SSSR count). The van der Waals surface area contributed by atoms with Crippen LogP contribution in [0.2, 0.25) is 0 Å². The van der Waals surface area contributed by atoms with Gasteiger partial charge in [0.1, 0.15) is 12.2 Å². The van der Waals surface area contributed by atoms with E-state index in [9.17, 15) is 5.11 Å². The Morgan fingerprint density at radius 3 is 2.89 bits per heavy atom. The molecule has 1 fully saturated rings. The Hall–Kier alpha value is -0.900. The molecule has 0 aliphatic heterocycles. The van der Waals surface area contributed by atoms with E-state index in [0.717, 1.165) is 25.2 Å². The van der Waals surface area contributed by atoms with Crippen LogP contribution in [0.1, 0.15) is 52.8 Å². The second kappa shape index (κ2) is 5.61. The first kappa shape index (κ1) is 14.5. The van der Waals surface area contributed by atoms with E-state index >= 15 is 0 Å². The standard InChI is InChI=1S/C15H27N3O/c1-11(2)9-18-14(16-10-17-18)8-15(19)7-5-6-12(3)13(15)4/h10-13,19H,5-9H2,1-4H3. The van der Waals surface area contributed by atoms with Crippen LogP contribution in [-0.2, 0) is 13.0 Å². The highest BCUT2D eigenvalue weighted by molar-refractivity contribution is 5.00. The highest BCUT2D eigenvalue weighted by atomic mass is 16.3. The first-order chi connectivity index (χ1) is 8.92. The van der Waals surface area contributed by atoms with Gasteiger partial charge in [0.2, 0.25) is 0 Å². The van der Waals surface area contributed by atoms with Crippen LogP contribution in [0.4, 0.5) is 0 Å². The van der Waals surface area contributed by atoms with Crippen molar-refractivity contribution in [3.63, 3.8) is 0 Å². The molecule has 0 bridgehead atoms. The maximum absolute atomic E-state index is 11.0. The average Bonchev–Trinajstić information content (AvgIpc) is 2.72. The molecule has 1 saturated carbocycles. The van der Waals surface area contributed by atoms with Gasteiger partial charge in [0.05, 0.1) is 5.60 Å². The summed E-state index contributed by atoms with van der Waals surface area (Å²) >= 11 is 0. The molecule has 4 heteroatoms. The lowest BCUT2D eigenvalue weighted by molar-refractivity contribution is -0.0641. The van der Waals surface area contributed by atoms with Crippen molar-refractivity contribution in [1.29, 1.82) is 0 Å². The molecule has 1 aliphatic rings. The summed E-state index contributed by atoms with van der Waals surface area (Å²) < 4.78 is 1.95. The molecule has 0 amide bonds. The quantitative estimate of drug-likeness (QED) is 0.910. The van der Waals surface area contributed by atoms with Gasteiger partial charge in [-0.05, 0) is 24.2 Å². The molecule has 4 nitrogen and oxygen atoms in total. The maximum atomic E-state index is 11.0. The number of rotatable bonds is 4. The van der Waals surface area contributed by atoms with Crippen molar-refractivity contribution in [3.8, 4) is 0 Å². The number of hydrogen-bond donors (Lipinski definition) is 1.